The summed E-state index contributed by atoms with van der Waals surface area (Å²) in [5.41, 5.74) is 3.38. The number of hydrogen-bond acceptors (Lipinski definition) is 6. The fourth-order valence-corrected chi connectivity index (χ4v) is 4.63. The Morgan fingerprint density at radius 2 is 1.97 bits per heavy atom. The van der Waals surface area contributed by atoms with Crippen molar-refractivity contribution in [1.29, 1.82) is 0 Å². The number of halogens is 3. The molecular formula is C22H22F3N5O2S. The molecule has 1 aliphatic rings. The van der Waals surface area contributed by atoms with Crippen LogP contribution in [0.2, 0.25) is 0 Å². The predicted molar refractivity (Wildman–Crippen MR) is 119 cm³/mol. The average molecular weight is 478 g/mol. The molecule has 4 rings (SSSR count). The smallest absolute Gasteiger partial charge is 0.416 e. The van der Waals surface area contributed by atoms with Crippen molar-refractivity contribution in [2.45, 2.75) is 42.4 Å². The third-order valence-electron chi connectivity index (χ3n) is 5.17. The molecule has 0 fully saturated rings. The number of benzene rings is 2. The van der Waals surface area contributed by atoms with Gasteiger partial charge in [0.2, 0.25) is 11.1 Å². The fourth-order valence-electron chi connectivity index (χ4n) is 3.53. The minimum Gasteiger partial charge on any atom is -0.497 e. The van der Waals surface area contributed by atoms with Gasteiger partial charge in [-0.3, -0.25) is 4.79 Å². The Labute approximate surface area is 192 Å². The maximum absolute atomic E-state index is 13.2. The molecule has 2 aromatic carbocycles. The second-order valence-corrected chi connectivity index (χ2v) is 8.58. The predicted octanol–water partition coefficient (Wildman–Crippen LogP) is 4.66. The van der Waals surface area contributed by atoms with Crippen molar-refractivity contribution in [3.8, 4) is 5.75 Å². The molecule has 174 valence electrons. The largest absolute Gasteiger partial charge is 0.497 e. The number of thioether (sulfide) groups is 1. The number of carbonyl (C=O) groups excluding carboxylic acids is 1. The molecule has 7 nitrogen and oxygen atoms in total. The van der Waals surface area contributed by atoms with Gasteiger partial charge in [-0.1, -0.05) is 36.9 Å². The standard InChI is InChI=1S/C22H22F3N5O2S/c1-3-5-17-27-28-21-30(17)29-18(13-8-10-16(32-2)11-9-13)19(33-21)20(31)26-15-7-4-6-14(12-15)22(23,24)25/h4,6-12,18-19,29H,3,5H2,1-2H3,(H,26,31)/t18-,19-/m0/s1. The lowest BCUT2D eigenvalue weighted by Crippen LogP contribution is -2.41. The number of rotatable bonds is 6. The Balaban J connectivity index is 1.65. The van der Waals surface area contributed by atoms with Crippen LogP contribution in [-0.2, 0) is 17.4 Å². The van der Waals surface area contributed by atoms with Gasteiger partial charge in [-0.2, -0.15) is 13.2 Å². The monoisotopic (exact) mass is 477 g/mol. The Morgan fingerprint density at radius 3 is 2.64 bits per heavy atom. The van der Waals surface area contributed by atoms with E-state index in [1.54, 1.807) is 23.9 Å². The molecule has 1 aromatic heterocycles. The second kappa shape index (κ2) is 9.34. The molecule has 0 spiro atoms. The Kier molecular flexibility index (Phi) is 6.50. The van der Waals surface area contributed by atoms with Gasteiger partial charge in [0.1, 0.15) is 11.0 Å². The summed E-state index contributed by atoms with van der Waals surface area (Å²) < 4.78 is 46.2. The highest BCUT2D eigenvalue weighted by atomic mass is 32.2. The maximum atomic E-state index is 13.2. The minimum atomic E-state index is -4.50. The van der Waals surface area contributed by atoms with E-state index in [9.17, 15) is 18.0 Å². The SMILES string of the molecule is CCCc1nnc2n1N[C@@H](c1ccc(OC)cc1)[C@@H](C(=O)Nc1cccc(C(F)(F)F)c1)S2. The van der Waals surface area contributed by atoms with Gasteiger partial charge in [0, 0.05) is 12.1 Å². The zero-order chi connectivity index (χ0) is 23.6. The van der Waals surface area contributed by atoms with Gasteiger partial charge in [-0.25, -0.2) is 4.68 Å². The highest BCUT2D eigenvalue weighted by Crippen LogP contribution is 2.38. The van der Waals surface area contributed by atoms with Crippen LogP contribution in [0.25, 0.3) is 0 Å². The highest BCUT2D eigenvalue weighted by molar-refractivity contribution is 8.00. The molecule has 33 heavy (non-hydrogen) atoms. The van der Waals surface area contributed by atoms with Crippen molar-refractivity contribution in [2.24, 2.45) is 0 Å². The van der Waals surface area contributed by atoms with Crippen LogP contribution in [-0.4, -0.2) is 33.1 Å². The van der Waals surface area contributed by atoms with Crippen LogP contribution in [0.1, 0.15) is 36.3 Å². The number of fused-ring (bicyclic) bond motifs is 1. The molecule has 0 saturated carbocycles. The second-order valence-electron chi connectivity index (χ2n) is 7.47. The van der Waals surface area contributed by atoms with E-state index in [1.165, 1.54) is 23.9 Å². The van der Waals surface area contributed by atoms with Gasteiger partial charge in [0.25, 0.3) is 0 Å². The van der Waals surface area contributed by atoms with Crippen molar-refractivity contribution in [3.05, 3.63) is 65.5 Å². The first-order valence-corrected chi connectivity index (χ1v) is 11.2. The number of methoxy groups -OCH3 is 1. The number of aryl methyl sites for hydroxylation is 1. The van der Waals surface area contributed by atoms with Crippen LogP contribution in [0, 0.1) is 0 Å². The van der Waals surface area contributed by atoms with E-state index in [2.05, 4.69) is 20.9 Å². The van der Waals surface area contributed by atoms with Crippen LogP contribution in [0.5, 0.6) is 5.75 Å². The lowest BCUT2D eigenvalue weighted by Gasteiger charge is -2.33. The molecule has 0 radical (unpaired) electrons. The van der Waals surface area contributed by atoms with E-state index in [1.807, 2.05) is 19.1 Å². The average Bonchev–Trinajstić information content (AvgIpc) is 3.20. The Morgan fingerprint density at radius 1 is 1.21 bits per heavy atom. The van der Waals surface area contributed by atoms with Gasteiger partial charge >= 0.3 is 6.18 Å². The summed E-state index contributed by atoms with van der Waals surface area (Å²) in [7, 11) is 1.56. The zero-order valence-corrected chi connectivity index (χ0v) is 18.7. The molecular weight excluding hydrogens is 455 g/mol. The van der Waals surface area contributed by atoms with E-state index in [4.69, 9.17) is 4.74 Å². The molecule has 1 aliphatic heterocycles. The quantitative estimate of drug-likeness (QED) is 0.538. The molecule has 3 aromatic rings. The fraction of sp³-hybridized carbons (Fsp3) is 0.318. The lowest BCUT2D eigenvalue weighted by atomic mass is 10.0. The molecule has 0 saturated heterocycles. The number of carbonyl (C=O) groups is 1. The third-order valence-corrected chi connectivity index (χ3v) is 6.38. The molecule has 2 heterocycles. The first-order valence-electron chi connectivity index (χ1n) is 10.3. The van der Waals surface area contributed by atoms with Gasteiger partial charge in [-0.15, -0.1) is 10.2 Å². The summed E-state index contributed by atoms with van der Waals surface area (Å²) in [5, 5.41) is 10.8. The van der Waals surface area contributed by atoms with E-state index < -0.39 is 28.9 Å². The Bertz CT molecular complexity index is 1130. The maximum Gasteiger partial charge on any atom is 0.416 e. The van der Waals surface area contributed by atoms with Crippen molar-refractivity contribution < 1.29 is 22.7 Å². The summed E-state index contributed by atoms with van der Waals surface area (Å²) in [5.74, 6) is 0.970. The first-order chi connectivity index (χ1) is 15.8. The summed E-state index contributed by atoms with van der Waals surface area (Å²) in [6.45, 7) is 2.03. The number of alkyl halides is 3. The van der Waals surface area contributed by atoms with Crippen molar-refractivity contribution in [2.75, 3.05) is 17.9 Å². The summed E-state index contributed by atoms with van der Waals surface area (Å²) in [4.78, 5) is 13.2. The van der Waals surface area contributed by atoms with Crippen molar-refractivity contribution in [1.82, 2.24) is 14.9 Å². The summed E-state index contributed by atoms with van der Waals surface area (Å²) >= 11 is 1.22. The van der Waals surface area contributed by atoms with E-state index >= 15 is 0 Å². The third kappa shape index (κ3) is 4.92. The summed E-state index contributed by atoms with van der Waals surface area (Å²) in [6, 6.07) is 11.4. The van der Waals surface area contributed by atoms with Gasteiger partial charge in [-0.05, 0) is 42.3 Å². The topological polar surface area (TPSA) is 81.1 Å². The van der Waals surface area contributed by atoms with E-state index in [0.717, 1.165) is 29.9 Å². The number of nitrogens with zero attached hydrogens (tertiary/aromatic N) is 3. The number of amides is 1. The van der Waals surface area contributed by atoms with E-state index in [0.29, 0.717) is 17.3 Å². The molecule has 11 heteroatoms. The highest BCUT2D eigenvalue weighted by Gasteiger charge is 2.38. The number of aromatic nitrogens is 3. The molecule has 2 atom stereocenters. The van der Waals surface area contributed by atoms with Gasteiger partial charge in [0.05, 0.1) is 18.7 Å². The number of ether oxygens (including phenoxy) is 1. The molecule has 1 amide bonds. The Hall–Kier alpha value is -3.21. The summed E-state index contributed by atoms with van der Waals surface area (Å²) in [6.07, 6.45) is -2.92. The van der Waals surface area contributed by atoms with Crippen LogP contribution >= 0.6 is 11.8 Å². The van der Waals surface area contributed by atoms with Crippen molar-refractivity contribution in [3.63, 3.8) is 0 Å². The minimum absolute atomic E-state index is 0.0719. The van der Waals surface area contributed by atoms with E-state index in [-0.39, 0.29) is 5.69 Å². The molecule has 0 bridgehead atoms. The molecule has 0 unspecified atom stereocenters. The van der Waals surface area contributed by atoms with Crippen LogP contribution in [0.3, 0.4) is 0 Å². The first kappa shape index (κ1) is 23.0. The zero-order valence-electron chi connectivity index (χ0n) is 17.9. The molecule has 2 N–H and O–H groups in total. The molecule has 0 aliphatic carbocycles. The van der Waals surface area contributed by atoms with Crippen LogP contribution in [0.4, 0.5) is 18.9 Å². The number of anilines is 1. The van der Waals surface area contributed by atoms with Gasteiger partial charge < -0.3 is 15.5 Å². The lowest BCUT2D eigenvalue weighted by molar-refractivity contribution is -0.137. The van der Waals surface area contributed by atoms with Gasteiger partial charge in [0.15, 0.2) is 5.82 Å². The van der Waals surface area contributed by atoms with Crippen LogP contribution < -0.4 is 15.5 Å². The van der Waals surface area contributed by atoms with Crippen LogP contribution in [0.15, 0.2) is 53.7 Å². The normalized spacial score (nSPS) is 17.7. The number of hydrogen-bond donors (Lipinski definition) is 2. The van der Waals surface area contributed by atoms with Crippen molar-refractivity contribution >= 4 is 23.4 Å². The number of nitrogens with one attached hydrogen (secondary N) is 2.